The molecular weight excluding hydrogens is 456 g/mol. The molecular formula is C24H30N4O7. The molecule has 0 saturated heterocycles. The van der Waals surface area contributed by atoms with Crippen LogP contribution in [0.5, 0.6) is 5.75 Å². The van der Waals surface area contributed by atoms with Gasteiger partial charge in [0.15, 0.2) is 0 Å². The highest BCUT2D eigenvalue weighted by atomic mass is 16.4. The van der Waals surface area contributed by atoms with Gasteiger partial charge in [0.2, 0.25) is 17.7 Å². The second-order valence-electron chi connectivity index (χ2n) is 8.07. The molecule has 8 N–H and O–H groups in total. The third-order valence-corrected chi connectivity index (χ3v) is 5.12. The normalized spacial score (nSPS) is 14.1. The first-order chi connectivity index (χ1) is 16.6. The SMILES string of the molecule is CC(O)C(NC(=O)C(Cc1ccc(O)cc1)NC(=O)C(N)Cc1ccccc1)C(=O)NCC(=O)O. The van der Waals surface area contributed by atoms with Gasteiger partial charge in [-0.2, -0.15) is 0 Å². The fourth-order valence-electron chi connectivity index (χ4n) is 3.25. The number of aromatic hydroxyl groups is 1. The maximum atomic E-state index is 13.1. The summed E-state index contributed by atoms with van der Waals surface area (Å²) < 4.78 is 0. The van der Waals surface area contributed by atoms with Crippen molar-refractivity contribution in [3.8, 4) is 5.75 Å². The molecule has 0 fully saturated rings. The highest BCUT2D eigenvalue weighted by Crippen LogP contribution is 2.12. The molecule has 0 saturated carbocycles. The van der Waals surface area contributed by atoms with Crippen LogP contribution in [0.2, 0.25) is 0 Å². The minimum Gasteiger partial charge on any atom is -0.508 e. The Morgan fingerprint density at radius 1 is 0.857 bits per heavy atom. The third kappa shape index (κ3) is 9.07. The number of carboxylic acid groups (broad SMARTS) is 1. The van der Waals surface area contributed by atoms with Crippen LogP contribution < -0.4 is 21.7 Å². The van der Waals surface area contributed by atoms with Gasteiger partial charge in [0.05, 0.1) is 12.1 Å². The number of amides is 3. The molecule has 0 aliphatic rings. The summed E-state index contributed by atoms with van der Waals surface area (Å²) in [6, 6.07) is 11.5. The Balaban J connectivity index is 2.17. The van der Waals surface area contributed by atoms with E-state index in [2.05, 4.69) is 16.0 Å². The van der Waals surface area contributed by atoms with Gasteiger partial charge in [-0.15, -0.1) is 0 Å². The number of carbonyl (C=O) groups excluding carboxylic acids is 3. The van der Waals surface area contributed by atoms with Crippen molar-refractivity contribution < 1.29 is 34.5 Å². The summed E-state index contributed by atoms with van der Waals surface area (Å²) in [4.78, 5) is 48.9. The zero-order chi connectivity index (χ0) is 26.0. The van der Waals surface area contributed by atoms with Crippen molar-refractivity contribution in [3.05, 3.63) is 65.7 Å². The monoisotopic (exact) mass is 486 g/mol. The molecule has 2 rings (SSSR count). The Morgan fingerprint density at radius 3 is 2.03 bits per heavy atom. The predicted molar refractivity (Wildman–Crippen MR) is 126 cm³/mol. The van der Waals surface area contributed by atoms with Crippen LogP contribution >= 0.6 is 0 Å². The van der Waals surface area contributed by atoms with Gasteiger partial charge in [-0.25, -0.2) is 0 Å². The number of phenolic OH excluding ortho intramolecular Hbond substituents is 1. The van der Waals surface area contributed by atoms with Crippen LogP contribution in [0.1, 0.15) is 18.1 Å². The number of phenols is 1. The third-order valence-electron chi connectivity index (χ3n) is 5.12. The summed E-state index contributed by atoms with van der Waals surface area (Å²) in [5, 5.41) is 35.3. The summed E-state index contributed by atoms with van der Waals surface area (Å²) >= 11 is 0. The van der Waals surface area contributed by atoms with E-state index in [0.717, 1.165) is 5.56 Å². The van der Waals surface area contributed by atoms with Crippen LogP contribution in [0.4, 0.5) is 0 Å². The number of benzene rings is 2. The predicted octanol–water partition coefficient (Wildman–Crippen LogP) is -0.944. The molecule has 0 aromatic heterocycles. The molecule has 0 heterocycles. The number of hydrogen-bond acceptors (Lipinski definition) is 7. The van der Waals surface area contributed by atoms with E-state index in [-0.39, 0.29) is 18.6 Å². The Bertz CT molecular complexity index is 1010. The van der Waals surface area contributed by atoms with E-state index in [1.54, 1.807) is 12.1 Å². The number of carbonyl (C=O) groups is 4. The van der Waals surface area contributed by atoms with Gasteiger partial charge in [-0.1, -0.05) is 42.5 Å². The summed E-state index contributed by atoms with van der Waals surface area (Å²) in [5.74, 6) is -3.55. The molecule has 0 bridgehead atoms. The first kappa shape index (κ1) is 27.3. The lowest BCUT2D eigenvalue weighted by atomic mass is 10.0. The standard InChI is InChI=1S/C24H30N4O7/c1-14(29)21(24(35)26-13-20(31)32)28-23(34)19(12-16-7-9-17(30)10-8-16)27-22(33)18(25)11-15-5-3-2-4-6-15/h2-10,14,18-19,21,29-30H,11-13,25H2,1H3,(H,26,35)(H,27,33)(H,28,34)(H,31,32). The molecule has 2 aromatic carbocycles. The lowest BCUT2D eigenvalue weighted by Crippen LogP contribution is -2.59. The highest BCUT2D eigenvalue weighted by Gasteiger charge is 2.31. The number of aliphatic hydroxyl groups is 1. The molecule has 0 spiro atoms. The van der Waals surface area contributed by atoms with Crippen molar-refractivity contribution in [3.63, 3.8) is 0 Å². The molecule has 0 radical (unpaired) electrons. The van der Waals surface area contributed by atoms with Gasteiger partial charge in [-0.3, -0.25) is 19.2 Å². The Labute approximate surface area is 202 Å². The van der Waals surface area contributed by atoms with E-state index in [9.17, 15) is 29.4 Å². The van der Waals surface area contributed by atoms with Gasteiger partial charge >= 0.3 is 5.97 Å². The number of aliphatic carboxylic acids is 1. The molecule has 2 aromatic rings. The van der Waals surface area contributed by atoms with Gasteiger partial charge in [-0.05, 0) is 36.6 Å². The topological polar surface area (TPSA) is 191 Å². The average molecular weight is 487 g/mol. The number of hydrogen-bond donors (Lipinski definition) is 7. The van der Waals surface area contributed by atoms with Crippen molar-refractivity contribution in [1.82, 2.24) is 16.0 Å². The van der Waals surface area contributed by atoms with Crippen LogP contribution in [0.25, 0.3) is 0 Å². The largest absolute Gasteiger partial charge is 0.508 e. The van der Waals surface area contributed by atoms with E-state index in [0.29, 0.717) is 5.56 Å². The first-order valence-corrected chi connectivity index (χ1v) is 10.9. The van der Waals surface area contributed by atoms with Crippen LogP contribution in [0.3, 0.4) is 0 Å². The van der Waals surface area contributed by atoms with Gasteiger partial charge < -0.3 is 37.0 Å². The smallest absolute Gasteiger partial charge is 0.322 e. The Morgan fingerprint density at radius 2 is 1.46 bits per heavy atom. The van der Waals surface area contributed by atoms with Crippen LogP contribution in [-0.2, 0) is 32.0 Å². The maximum absolute atomic E-state index is 13.1. The minimum absolute atomic E-state index is 0.000809. The maximum Gasteiger partial charge on any atom is 0.322 e. The highest BCUT2D eigenvalue weighted by molar-refractivity contribution is 5.94. The molecule has 11 nitrogen and oxygen atoms in total. The number of rotatable bonds is 12. The summed E-state index contributed by atoms with van der Waals surface area (Å²) in [6.07, 6.45) is -1.12. The Kier molecular flexibility index (Phi) is 10.2. The fourth-order valence-corrected chi connectivity index (χ4v) is 3.25. The van der Waals surface area contributed by atoms with Crippen molar-refractivity contribution in [2.24, 2.45) is 5.73 Å². The summed E-state index contributed by atoms with van der Waals surface area (Å²) in [6.45, 7) is 0.564. The van der Waals surface area contributed by atoms with E-state index in [4.69, 9.17) is 10.8 Å². The van der Waals surface area contributed by atoms with Crippen LogP contribution in [0.15, 0.2) is 54.6 Å². The van der Waals surface area contributed by atoms with Crippen molar-refractivity contribution in [1.29, 1.82) is 0 Å². The molecule has 188 valence electrons. The van der Waals surface area contributed by atoms with Crippen molar-refractivity contribution >= 4 is 23.7 Å². The minimum atomic E-state index is -1.46. The number of carboxylic acids is 1. The number of nitrogens with one attached hydrogen (secondary N) is 3. The molecule has 35 heavy (non-hydrogen) atoms. The Hall–Kier alpha value is -3.96. The zero-order valence-corrected chi connectivity index (χ0v) is 19.2. The fraction of sp³-hybridized carbons (Fsp3) is 0.333. The molecule has 4 unspecified atom stereocenters. The van der Waals surface area contributed by atoms with Crippen molar-refractivity contribution in [2.45, 2.75) is 44.0 Å². The second kappa shape index (κ2) is 13.1. The quantitative estimate of drug-likeness (QED) is 0.200. The average Bonchev–Trinajstić information content (AvgIpc) is 2.82. The number of aliphatic hydroxyl groups excluding tert-OH is 1. The van der Waals surface area contributed by atoms with Gasteiger partial charge in [0.1, 0.15) is 24.4 Å². The van der Waals surface area contributed by atoms with Crippen LogP contribution in [0, 0.1) is 0 Å². The first-order valence-electron chi connectivity index (χ1n) is 10.9. The lowest BCUT2D eigenvalue weighted by Gasteiger charge is -2.25. The molecule has 0 aliphatic carbocycles. The lowest BCUT2D eigenvalue weighted by molar-refractivity contribution is -0.139. The van der Waals surface area contributed by atoms with E-state index in [1.807, 2.05) is 30.3 Å². The molecule has 4 atom stereocenters. The molecule has 11 heteroatoms. The summed E-state index contributed by atoms with van der Waals surface area (Å²) in [5.41, 5.74) is 7.47. The van der Waals surface area contributed by atoms with Gasteiger partial charge in [0.25, 0.3) is 0 Å². The number of nitrogens with two attached hydrogens (primary N) is 1. The van der Waals surface area contributed by atoms with E-state index < -0.39 is 54.5 Å². The van der Waals surface area contributed by atoms with Crippen LogP contribution in [-0.4, -0.2) is 69.8 Å². The molecule has 0 aliphatic heterocycles. The second-order valence-corrected chi connectivity index (χ2v) is 8.07. The molecule has 3 amide bonds. The van der Waals surface area contributed by atoms with E-state index in [1.165, 1.54) is 19.1 Å². The van der Waals surface area contributed by atoms with E-state index >= 15 is 0 Å². The summed E-state index contributed by atoms with van der Waals surface area (Å²) in [7, 11) is 0. The van der Waals surface area contributed by atoms with Crippen molar-refractivity contribution in [2.75, 3.05) is 6.54 Å². The zero-order valence-electron chi connectivity index (χ0n) is 19.2. The van der Waals surface area contributed by atoms with Gasteiger partial charge in [0, 0.05) is 6.42 Å².